The van der Waals surface area contributed by atoms with Gasteiger partial charge in [-0.2, -0.15) is 5.26 Å². The molecule has 12 heavy (non-hydrogen) atoms. The number of nitriles is 1. The SMILES string of the molecule is COc1ccc(C#N)c(F)c1I. The van der Waals surface area contributed by atoms with Crippen molar-refractivity contribution >= 4 is 22.6 Å². The first kappa shape index (κ1) is 9.26. The number of nitrogens with zero attached hydrogens (tertiary/aromatic N) is 1. The fourth-order valence-electron chi connectivity index (χ4n) is 0.776. The lowest BCUT2D eigenvalue weighted by molar-refractivity contribution is 0.407. The highest BCUT2D eigenvalue weighted by Crippen LogP contribution is 2.25. The van der Waals surface area contributed by atoms with Gasteiger partial charge in [-0.1, -0.05) is 0 Å². The molecule has 0 radical (unpaired) electrons. The molecular formula is C8H5FINO. The molecule has 1 aromatic carbocycles. The van der Waals surface area contributed by atoms with Gasteiger partial charge in [0.1, 0.15) is 11.8 Å². The van der Waals surface area contributed by atoms with E-state index >= 15 is 0 Å². The first-order valence-electron chi connectivity index (χ1n) is 3.12. The molecule has 0 aromatic heterocycles. The predicted molar refractivity (Wildman–Crippen MR) is 50.4 cm³/mol. The summed E-state index contributed by atoms with van der Waals surface area (Å²) in [6, 6.07) is 4.72. The Morgan fingerprint density at radius 2 is 2.25 bits per heavy atom. The van der Waals surface area contributed by atoms with Crippen LogP contribution in [0.2, 0.25) is 0 Å². The summed E-state index contributed by atoms with van der Waals surface area (Å²) in [5, 5.41) is 8.47. The van der Waals surface area contributed by atoms with Crippen LogP contribution in [0.25, 0.3) is 0 Å². The summed E-state index contributed by atoms with van der Waals surface area (Å²) in [5.41, 5.74) is 0.0419. The highest BCUT2D eigenvalue weighted by Gasteiger charge is 2.10. The lowest BCUT2D eigenvalue weighted by atomic mass is 10.2. The van der Waals surface area contributed by atoms with Gasteiger partial charge in [0, 0.05) is 0 Å². The average molecular weight is 277 g/mol. The summed E-state index contributed by atoms with van der Waals surface area (Å²) in [4.78, 5) is 0. The van der Waals surface area contributed by atoms with Gasteiger partial charge < -0.3 is 4.74 Å². The van der Waals surface area contributed by atoms with Crippen molar-refractivity contribution in [2.24, 2.45) is 0 Å². The molecule has 2 nitrogen and oxygen atoms in total. The fourth-order valence-corrected chi connectivity index (χ4v) is 1.47. The molecule has 0 aliphatic rings. The second-order valence-electron chi connectivity index (χ2n) is 2.06. The Morgan fingerprint density at radius 3 is 2.75 bits per heavy atom. The van der Waals surface area contributed by atoms with E-state index in [0.29, 0.717) is 9.32 Å². The van der Waals surface area contributed by atoms with Crippen LogP contribution in [-0.2, 0) is 0 Å². The number of hydrogen-bond donors (Lipinski definition) is 0. The number of ether oxygens (including phenoxy) is 1. The van der Waals surface area contributed by atoms with E-state index in [4.69, 9.17) is 10.00 Å². The van der Waals surface area contributed by atoms with Crippen molar-refractivity contribution < 1.29 is 9.13 Å². The molecule has 0 heterocycles. The predicted octanol–water partition coefficient (Wildman–Crippen LogP) is 2.31. The minimum atomic E-state index is -0.516. The number of halogens is 2. The number of methoxy groups -OCH3 is 1. The summed E-state index contributed by atoms with van der Waals surface area (Å²) in [6.45, 7) is 0. The van der Waals surface area contributed by atoms with Crippen LogP contribution < -0.4 is 4.74 Å². The molecule has 0 atom stereocenters. The third kappa shape index (κ3) is 1.50. The lowest BCUT2D eigenvalue weighted by Gasteiger charge is -2.03. The average Bonchev–Trinajstić information content (AvgIpc) is 2.10. The molecular weight excluding hydrogens is 272 g/mol. The lowest BCUT2D eigenvalue weighted by Crippen LogP contribution is -1.93. The first-order chi connectivity index (χ1) is 5.70. The van der Waals surface area contributed by atoms with Crippen molar-refractivity contribution in [3.8, 4) is 11.8 Å². The minimum absolute atomic E-state index is 0.0419. The summed E-state index contributed by atoms with van der Waals surface area (Å²) in [6.07, 6.45) is 0. The largest absolute Gasteiger partial charge is 0.496 e. The Kier molecular flexibility index (Phi) is 2.87. The normalized spacial score (nSPS) is 9.17. The van der Waals surface area contributed by atoms with Gasteiger partial charge in [0.15, 0.2) is 5.82 Å². The number of rotatable bonds is 1. The Balaban J connectivity index is 3.32. The molecule has 0 fully saturated rings. The summed E-state index contributed by atoms with van der Waals surface area (Å²) in [5.74, 6) is -0.0652. The molecule has 0 unspecified atom stereocenters. The van der Waals surface area contributed by atoms with E-state index in [-0.39, 0.29) is 5.56 Å². The Labute approximate surface area is 83.1 Å². The van der Waals surface area contributed by atoms with Crippen LogP contribution in [0, 0.1) is 20.7 Å². The topological polar surface area (TPSA) is 33.0 Å². The smallest absolute Gasteiger partial charge is 0.158 e. The van der Waals surface area contributed by atoms with Crippen LogP contribution in [0.5, 0.6) is 5.75 Å². The highest BCUT2D eigenvalue weighted by molar-refractivity contribution is 14.1. The molecule has 0 N–H and O–H groups in total. The molecule has 0 bridgehead atoms. The van der Waals surface area contributed by atoms with Gasteiger partial charge in [-0.05, 0) is 34.7 Å². The van der Waals surface area contributed by atoms with E-state index in [1.807, 2.05) is 0 Å². The molecule has 0 aliphatic carbocycles. The first-order valence-corrected chi connectivity index (χ1v) is 4.20. The van der Waals surface area contributed by atoms with Gasteiger partial charge in [0.2, 0.25) is 0 Å². The van der Waals surface area contributed by atoms with Gasteiger partial charge in [0.25, 0.3) is 0 Å². The fraction of sp³-hybridized carbons (Fsp3) is 0.125. The molecule has 0 saturated heterocycles. The molecule has 1 aromatic rings. The number of benzene rings is 1. The summed E-state index contributed by atoms with van der Waals surface area (Å²) in [7, 11) is 1.46. The van der Waals surface area contributed by atoms with E-state index in [1.165, 1.54) is 13.2 Å². The maximum atomic E-state index is 13.1. The van der Waals surface area contributed by atoms with E-state index in [9.17, 15) is 4.39 Å². The molecule has 0 amide bonds. The zero-order chi connectivity index (χ0) is 9.14. The Bertz CT molecular complexity index is 346. The van der Waals surface area contributed by atoms with Crippen LogP contribution in [0.3, 0.4) is 0 Å². The van der Waals surface area contributed by atoms with Crippen molar-refractivity contribution in [2.75, 3.05) is 7.11 Å². The zero-order valence-corrected chi connectivity index (χ0v) is 8.42. The van der Waals surface area contributed by atoms with Crippen LogP contribution in [0.1, 0.15) is 5.56 Å². The van der Waals surface area contributed by atoms with E-state index < -0.39 is 5.82 Å². The Morgan fingerprint density at radius 1 is 1.58 bits per heavy atom. The van der Waals surface area contributed by atoms with Crippen LogP contribution >= 0.6 is 22.6 Å². The molecule has 4 heteroatoms. The second-order valence-corrected chi connectivity index (χ2v) is 3.13. The van der Waals surface area contributed by atoms with Gasteiger partial charge in [-0.15, -0.1) is 0 Å². The van der Waals surface area contributed by atoms with Crippen molar-refractivity contribution in [1.29, 1.82) is 5.26 Å². The Hall–Kier alpha value is -0.830. The van der Waals surface area contributed by atoms with Gasteiger partial charge >= 0.3 is 0 Å². The highest BCUT2D eigenvalue weighted by atomic mass is 127. The third-order valence-electron chi connectivity index (χ3n) is 1.39. The monoisotopic (exact) mass is 277 g/mol. The maximum absolute atomic E-state index is 13.1. The van der Waals surface area contributed by atoms with Gasteiger partial charge in [0.05, 0.1) is 16.2 Å². The molecule has 1 rings (SSSR count). The molecule has 62 valence electrons. The number of hydrogen-bond acceptors (Lipinski definition) is 2. The quantitative estimate of drug-likeness (QED) is 0.738. The second kappa shape index (κ2) is 3.72. The standard InChI is InChI=1S/C8H5FINO/c1-12-6-3-2-5(4-11)7(9)8(6)10/h2-3H,1H3. The van der Waals surface area contributed by atoms with Crippen LogP contribution in [0.15, 0.2) is 12.1 Å². The summed E-state index contributed by atoms with van der Waals surface area (Å²) < 4.78 is 18.3. The summed E-state index contributed by atoms with van der Waals surface area (Å²) >= 11 is 1.80. The zero-order valence-electron chi connectivity index (χ0n) is 6.27. The van der Waals surface area contributed by atoms with Gasteiger partial charge in [-0.3, -0.25) is 0 Å². The van der Waals surface area contributed by atoms with Crippen LogP contribution in [0.4, 0.5) is 4.39 Å². The van der Waals surface area contributed by atoms with Gasteiger partial charge in [-0.25, -0.2) is 4.39 Å². The van der Waals surface area contributed by atoms with Crippen molar-refractivity contribution in [3.05, 3.63) is 27.1 Å². The van der Waals surface area contributed by atoms with E-state index in [2.05, 4.69) is 0 Å². The van der Waals surface area contributed by atoms with Crippen molar-refractivity contribution in [1.82, 2.24) is 0 Å². The third-order valence-corrected chi connectivity index (χ3v) is 2.39. The van der Waals surface area contributed by atoms with E-state index in [0.717, 1.165) is 0 Å². The maximum Gasteiger partial charge on any atom is 0.158 e. The molecule has 0 spiro atoms. The van der Waals surface area contributed by atoms with Crippen LogP contribution in [-0.4, -0.2) is 7.11 Å². The molecule has 0 aliphatic heterocycles. The van der Waals surface area contributed by atoms with E-state index in [1.54, 1.807) is 34.7 Å². The van der Waals surface area contributed by atoms with Crippen molar-refractivity contribution in [2.45, 2.75) is 0 Å². The molecule has 0 saturated carbocycles. The minimum Gasteiger partial charge on any atom is -0.496 e. The van der Waals surface area contributed by atoms with Crippen molar-refractivity contribution in [3.63, 3.8) is 0 Å².